The molecule has 1 aliphatic rings. The smallest absolute Gasteiger partial charge is 0.253 e. The van der Waals surface area contributed by atoms with Crippen LogP contribution < -0.4 is 0 Å². The Kier molecular flexibility index (Phi) is 3.84. The lowest BCUT2D eigenvalue weighted by molar-refractivity contribution is 0.0782. The molecule has 1 fully saturated rings. The quantitative estimate of drug-likeness (QED) is 0.909. The molecule has 1 N–H and O–H groups in total. The zero-order valence-corrected chi connectivity index (χ0v) is 11.4. The van der Waals surface area contributed by atoms with E-state index >= 15 is 0 Å². The number of carbonyl (C=O) groups is 1. The molecule has 2 rings (SSSR count). The van der Waals surface area contributed by atoms with Gasteiger partial charge in [0.25, 0.3) is 5.91 Å². The molecule has 1 atom stereocenters. The van der Waals surface area contributed by atoms with E-state index in [1.54, 1.807) is 0 Å². The van der Waals surface area contributed by atoms with Crippen LogP contribution in [0.2, 0.25) is 0 Å². The van der Waals surface area contributed by atoms with Gasteiger partial charge in [-0.25, -0.2) is 0 Å². The minimum atomic E-state index is 0.0663. The van der Waals surface area contributed by atoms with Crippen molar-refractivity contribution in [2.24, 2.45) is 5.92 Å². The first kappa shape index (κ1) is 12.6. The zero-order valence-electron chi connectivity index (χ0n) is 9.82. The van der Waals surface area contributed by atoms with Crippen LogP contribution in [-0.4, -0.2) is 35.6 Å². The molecule has 0 bridgehead atoms. The molecule has 3 nitrogen and oxygen atoms in total. The van der Waals surface area contributed by atoms with Crippen molar-refractivity contribution in [3.63, 3.8) is 0 Å². The molecule has 0 spiro atoms. The third-order valence-corrected chi connectivity index (χ3v) is 4.13. The van der Waals surface area contributed by atoms with Crippen molar-refractivity contribution in [2.75, 3.05) is 19.7 Å². The lowest BCUT2D eigenvalue weighted by Gasteiger charge is -2.16. The van der Waals surface area contributed by atoms with E-state index < -0.39 is 0 Å². The summed E-state index contributed by atoms with van der Waals surface area (Å²) < 4.78 is 1.02. The summed E-state index contributed by atoms with van der Waals surface area (Å²) in [6.45, 7) is 3.56. The van der Waals surface area contributed by atoms with Crippen LogP contribution in [0.3, 0.4) is 0 Å². The predicted molar refractivity (Wildman–Crippen MR) is 70.0 cm³/mol. The highest BCUT2D eigenvalue weighted by molar-refractivity contribution is 9.10. The summed E-state index contributed by atoms with van der Waals surface area (Å²) in [6, 6.07) is 5.65. The standard InChI is InChI=1S/C13H16BrNO2/c1-9-6-11(2-3-12(9)14)13(17)15-5-4-10(7-15)8-16/h2-3,6,10,16H,4-5,7-8H2,1H3. The van der Waals surface area contributed by atoms with Crippen molar-refractivity contribution < 1.29 is 9.90 Å². The van der Waals surface area contributed by atoms with Crippen LogP contribution in [0.1, 0.15) is 22.3 Å². The first-order valence-corrected chi connectivity index (χ1v) is 6.57. The maximum Gasteiger partial charge on any atom is 0.253 e. The van der Waals surface area contributed by atoms with Crippen molar-refractivity contribution >= 4 is 21.8 Å². The summed E-state index contributed by atoms with van der Waals surface area (Å²) >= 11 is 3.42. The second-order valence-corrected chi connectivity index (χ2v) is 5.41. The van der Waals surface area contributed by atoms with E-state index in [4.69, 9.17) is 5.11 Å². The average Bonchev–Trinajstić information content (AvgIpc) is 2.80. The van der Waals surface area contributed by atoms with Crippen LogP contribution in [0, 0.1) is 12.8 Å². The Bertz CT molecular complexity index is 433. The fraction of sp³-hybridized carbons (Fsp3) is 0.462. The summed E-state index contributed by atoms with van der Waals surface area (Å²) in [4.78, 5) is 14.0. The summed E-state index contributed by atoms with van der Waals surface area (Å²) in [5.74, 6) is 0.312. The lowest BCUT2D eigenvalue weighted by atomic mass is 10.1. The number of aryl methyl sites for hydroxylation is 1. The van der Waals surface area contributed by atoms with Gasteiger partial charge in [0.1, 0.15) is 0 Å². The molecule has 0 radical (unpaired) electrons. The topological polar surface area (TPSA) is 40.5 Å². The third kappa shape index (κ3) is 2.69. The molecule has 1 aromatic carbocycles. The Morgan fingerprint density at radius 1 is 1.59 bits per heavy atom. The SMILES string of the molecule is Cc1cc(C(=O)N2CCC(CO)C2)ccc1Br. The van der Waals surface area contributed by atoms with Gasteiger partial charge in [0.05, 0.1) is 0 Å². The number of nitrogens with zero attached hydrogens (tertiary/aromatic N) is 1. The first-order chi connectivity index (χ1) is 8.11. The normalized spacial score (nSPS) is 19.7. The molecular weight excluding hydrogens is 282 g/mol. The Morgan fingerprint density at radius 2 is 2.35 bits per heavy atom. The van der Waals surface area contributed by atoms with Crippen LogP contribution in [0.25, 0.3) is 0 Å². The minimum absolute atomic E-state index is 0.0663. The maximum absolute atomic E-state index is 12.2. The predicted octanol–water partition coefficient (Wildman–Crippen LogP) is 2.21. The Hall–Kier alpha value is -0.870. The van der Waals surface area contributed by atoms with Gasteiger partial charge >= 0.3 is 0 Å². The highest BCUT2D eigenvalue weighted by Crippen LogP contribution is 2.21. The number of likely N-dealkylation sites (tertiary alicyclic amines) is 1. The van der Waals surface area contributed by atoms with Gasteiger partial charge in [-0.1, -0.05) is 15.9 Å². The number of aliphatic hydroxyl groups is 1. The number of aliphatic hydroxyl groups excluding tert-OH is 1. The van der Waals surface area contributed by atoms with Crippen molar-refractivity contribution in [3.05, 3.63) is 33.8 Å². The van der Waals surface area contributed by atoms with Crippen LogP contribution >= 0.6 is 15.9 Å². The van der Waals surface area contributed by atoms with E-state index in [2.05, 4.69) is 15.9 Å². The lowest BCUT2D eigenvalue weighted by Crippen LogP contribution is -2.29. The largest absolute Gasteiger partial charge is 0.396 e. The molecular formula is C13H16BrNO2. The number of amides is 1. The average molecular weight is 298 g/mol. The number of benzene rings is 1. The summed E-state index contributed by atoms with van der Waals surface area (Å²) in [5.41, 5.74) is 1.79. The molecule has 17 heavy (non-hydrogen) atoms. The zero-order chi connectivity index (χ0) is 12.4. The van der Waals surface area contributed by atoms with Crippen LogP contribution in [0.4, 0.5) is 0 Å². The molecule has 1 unspecified atom stereocenters. The summed E-state index contributed by atoms with van der Waals surface area (Å²) in [5, 5.41) is 9.07. The van der Waals surface area contributed by atoms with E-state index in [-0.39, 0.29) is 18.4 Å². The molecule has 4 heteroatoms. The van der Waals surface area contributed by atoms with Gasteiger partial charge in [0.15, 0.2) is 0 Å². The van der Waals surface area contributed by atoms with E-state index in [1.165, 1.54) is 0 Å². The fourth-order valence-corrected chi connectivity index (χ4v) is 2.37. The van der Waals surface area contributed by atoms with Crippen molar-refractivity contribution in [2.45, 2.75) is 13.3 Å². The van der Waals surface area contributed by atoms with E-state index in [1.807, 2.05) is 30.0 Å². The number of carbonyl (C=O) groups excluding carboxylic acids is 1. The molecule has 1 amide bonds. The second kappa shape index (κ2) is 5.19. The Balaban J connectivity index is 2.12. The summed E-state index contributed by atoms with van der Waals surface area (Å²) in [6.07, 6.45) is 0.901. The molecule has 0 aliphatic carbocycles. The molecule has 1 heterocycles. The number of hydrogen-bond acceptors (Lipinski definition) is 2. The van der Waals surface area contributed by atoms with Gasteiger partial charge in [0.2, 0.25) is 0 Å². The Morgan fingerprint density at radius 3 is 2.94 bits per heavy atom. The van der Waals surface area contributed by atoms with Crippen molar-refractivity contribution in [1.29, 1.82) is 0 Å². The van der Waals surface area contributed by atoms with E-state index in [0.29, 0.717) is 6.54 Å². The minimum Gasteiger partial charge on any atom is -0.396 e. The van der Waals surface area contributed by atoms with Gasteiger partial charge in [-0.3, -0.25) is 4.79 Å². The van der Waals surface area contributed by atoms with Gasteiger partial charge in [0, 0.05) is 35.7 Å². The Labute approximate surface area is 110 Å². The first-order valence-electron chi connectivity index (χ1n) is 5.78. The van der Waals surface area contributed by atoms with Crippen LogP contribution in [0.5, 0.6) is 0 Å². The van der Waals surface area contributed by atoms with Gasteiger partial charge in [-0.2, -0.15) is 0 Å². The van der Waals surface area contributed by atoms with Crippen molar-refractivity contribution in [3.8, 4) is 0 Å². The molecule has 1 aromatic rings. The van der Waals surface area contributed by atoms with E-state index in [0.717, 1.165) is 28.6 Å². The monoisotopic (exact) mass is 297 g/mol. The van der Waals surface area contributed by atoms with E-state index in [9.17, 15) is 4.79 Å². The van der Waals surface area contributed by atoms with Gasteiger partial charge in [-0.15, -0.1) is 0 Å². The second-order valence-electron chi connectivity index (χ2n) is 4.55. The molecule has 0 saturated carbocycles. The highest BCUT2D eigenvalue weighted by atomic mass is 79.9. The third-order valence-electron chi connectivity index (χ3n) is 3.24. The number of hydrogen-bond donors (Lipinski definition) is 1. The highest BCUT2D eigenvalue weighted by Gasteiger charge is 2.26. The molecule has 1 saturated heterocycles. The van der Waals surface area contributed by atoms with Crippen molar-refractivity contribution in [1.82, 2.24) is 4.90 Å². The number of rotatable bonds is 2. The molecule has 92 valence electrons. The van der Waals surface area contributed by atoms with Gasteiger partial charge < -0.3 is 10.0 Å². The number of halogens is 1. The fourth-order valence-electron chi connectivity index (χ4n) is 2.13. The van der Waals surface area contributed by atoms with Crippen LogP contribution in [-0.2, 0) is 0 Å². The van der Waals surface area contributed by atoms with Gasteiger partial charge in [-0.05, 0) is 37.1 Å². The molecule has 1 aliphatic heterocycles. The summed E-state index contributed by atoms with van der Waals surface area (Å²) in [7, 11) is 0. The maximum atomic E-state index is 12.2. The van der Waals surface area contributed by atoms with Crippen LogP contribution in [0.15, 0.2) is 22.7 Å². The molecule has 0 aromatic heterocycles.